The fraction of sp³-hybridized carbons (Fsp3) is 0.750. The Bertz CT molecular complexity index is 561. The topological polar surface area (TPSA) is 90.0 Å². The van der Waals surface area contributed by atoms with Gasteiger partial charge in [-0.2, -0.15) is 5.10 Å². The maximum atomic E-state index is 12.4. The van der Waals surface area contributed by atoms with Crippen molar-refractivity contribution in [1.82, 2.24) is 14.5 Å². The molecule has 108 valence electrons. The van der Waals surface area contributed by atoms with Gasteiger partial charge in [-0.25, -0.2) is 13.1 Å². The maximum Gasteiger partial charge on any atom is 0.244 e. The van der Waals surface area contributed by atoms with Crippen molar-refractivity contribution >= 4 is 10.0 Å². The summed E-state index contributed by atoms with van der Waals surface area (Å²) in [5.74, 6) is 0.481. The molecule has 7 heteroatoms. The van der Waals surface area contributed by atoms with Crippen LogP contribution in [-0.2, 0) is 16.6 Å². The second kappa shape index (κ2) is 5.22. The molecule has 0 aromatic carbocycles. The summed E-state index contributed by atoms with van der Waals surface area (Å²) in [6.45, 7) is 6.38. The molecule has 0 bridgehead atoms. The molecular formula is C12H22N4O2S. The maximum absolute atomic E-state index is 12.4. The number of hydrogen-bond donors (Lipinski definition) is 2. The average molecular weight is 286 g/mol. The van der Waals surface area contributed by atoms with Gasteiger partial charge in [0.05, 0.1) is 17.9 Å². The van der Waals surface area contributed by atoms with E-state index in [1.165, 1.54) is 0 Å². The third kappa shape index (κ3) is 2.98. The molecule has 1 fully saturated rings. The minimum atomic E-state index is -3.50. The summed E-state index contributed by atoms with van der Waals surface area (Å²) >= 11 is 0. The Morgan fingerprint density at radius 3 is 2.63 bits per heavy atom. The summed E-state index contributed by atoms with van der Waals surface area (Å²) < 4.78 is 29.3. The van der Waals surface area contributed by atoms with Gasteiger partial charge in [0.1, 0.15) is 4.90 Å². The molecule has 1 saturated carbocycles. The van der Waals surface area contributed by atoms with Gasteiger partial charge in [-0.3, -0.25) is 4.68 Å². The van der Waals surface area contributed by atoms with Gasteiger partial charge in [0.15, 0.2) is 0 Å². The van der Waals surface area contributed by atoms with Gasteiger partial charge < -0.3 is 5.73 Å². The van der Waals surface area contributed by atoms with E-state index in [1.807, 2.05) is 6.92 Å². The number of aryl methyl sites for hydroxylation is 1. The van der Waals surface area contributed by atoms with E-state index in [4.69, 9.17) is 5.73 Å². The van der Waals surface area contributed by atoms with Crippen LogP contribution in [0, 0.1) is 19.8 Å². The van der Waals surface area contributed by atoms with Gasteiger partial charge in [-0.1, -0.05) is 0 Å². The molecule has 1 aromatic heterocycles. The summed E-state index contributed by atoms with van der Waals surface area (Å²) in [6.07, 6.45) is 2.21. The summed E-state index contributed by atoms with van der Waals surface area (Å²) in [6, 6.07) is -0.0124. The van der Waals surface area contributed by atoms with Crippen molar-refractivity contribution in [3.8, 4) is 0 Å². The van der Waals surface area contributed by atoms with Crippen LogP contribution in [0.25, 0.3) is 0 Å². The number of nitrogens with two attached hydrogens (primary N) is 1. The number of nitrogens with zero attached hydrogens (tertiary/aromatic N) is 2. The summed E-state index contributed by atoms with van der Waals surface area (Å²) in [5, 5.41) is 4.25. The Balaban J connectivity index is 2.28. The Morgan fingerprint density at radius 2 is 2.11 bits per heavy atom. The lowest BCUT2D eigenvalue weighted by Crippen LogP contribution is -2.34. The minimum Gasteiger partial charge on any atom is -0.329 e. The fourth-order valence-corrected chi connectivity index (χ4v) is 4.13. The second-order valence-corrected chi connectivity index (χ2v) is 6.91. The van der Waals surface area contributed by atoms with E-state index in [2.05, 4.69) is 9.82 Å². The van der Waals surface area contributed by atoms with Crippen LogP contribution < -0.4 is 10.5 Å². The fourth-order valence-electron chi connectivity index (χ4n) is 2.41. The minimum absolute atomic E-state index is 0.0124. The highest BCUT2D eigenvalue weighted by atomic mass is 32.2. The molecule has 6 nitrogen and oxygen atoms in total. The number of hydrogen-bond acceptors (Lipinski definition) is 4. The van der Waals surface area contributed by atoms with Crippen LogP contribution in [0.5, 0.6) is 0 Å². The quantitative estimate of drug-likeness (QED) is 0.798. The first-order valence-electron chi connectivity index (χ1n) is 6.63. The van der Waals surface area contributed by atoms with E-state index in [-0.39, 0.29) is 6.04 Å². The van der Waals surface area contributed by atoms with Crippen LogP contribution >= 0.6 is 0 Å². The van der Waals surface area contributed by atoms with Crippen molar-refractivity contribution in [2.75, 3.05) is 6.54 Å². The molecule has 1 aliphatic carbocycles. The van der Waals surface area contributed by atoms with Gasteiger partial charge >= 0.3 is 0 Å². The molecule has 1 aromatic rings. The van der Waals surface area contributed by atoms with E-state index < -0.39 is 10.0 Å². The molecule has 2 rings (SSSR count). The number of aromatic nitrogens is 2. The lowest BCUT2D eigenvalue weighted by Gasteiger charge is -2.13. The van der Waals surface area contributed by atoms with Crippen molar-refractivity contribution in [2.45, 2.75) is 51.1 Å². The molecule has 3 N–H and O–H groups in total. The molecule has 0 amide bonds. The Labute approximate surface area is 114 Å². The molecule has 0 aliphatic heterocycles. The van der Waals surface area contributed by atoms with E-state index >= 15 is 0 Å². The number of nitrogens with one attached hydrogen (secondary N) is 1. The molecule has 0 radical (unpaired) electrons. The molecule has 1 aliphatic rings. The zero-order chi connectivity index (χ0) is 14.2. The van der Waals surface area contributed by atoms with E-state index in [0.29, 0.717) is 35.3 Å². The summed E-state index contributed by atoms with van der Waals surface area (Å²) in [7, 11) is -3.50. The summed E-state index contributed by atoms with van der Waals surface area (Å²) in [4.78, 5) is 0.299. The van der Waals surface area contributed by atoms with Gasteiger partial charge in [0.25, 0.3) is 0 Å². The molecule has 0 saturated heterocycles. The lowest BCUT2D eigenvalue weighted by atomic mass is 10.2. The molecule has 19 heavy (non-hydrogen) atoms. The van der Waals surface area contributed by atoms with Gasteiger partial charge in [-0.15, -0.1) is 0 Å². The Kier molecular flexibility index (Phi) is 3.98. The van der Waals surface area contributed by atoms with Crippen molar-refractivity contribution in [1.29, 1.82) is 0 Å². The highest BCUT2D eigenvalue weighted by molar-refractivity contribution is 7.89. The van der Waals surface area contributed by atoms with Crippen LogP contribution in [0.1, 0.15) is 31.2 Å². The van der Waals surface area contributed by atoms with Gasteiger partial charge in [-0.05, 0) is 39.5 Å². The first kappa shape index (κ1) is 14.5. The normalized spacial score (nSPS) is 17.7. The zero-order valence-corrected chi connectivity index (χ0v) is 12.5. The first-order chi connectivity index (χ1) is 8.86. The highest BCUT2D eigenvalue weighted by Crippen LogP contribution is 2.33. The monoisotopic (exact) mass is 286 g/mol. The third-order valence-corrected chi connectivity index (χ3v) is 5.41. The Hall–Kier alpha value is -0.920. The van der Waals surface area contributed by atoms with Gasteiger partial charge in [0.2, 0.25) is 10.0 Å². The smallest absolute Gasteiger partial charge is 0.244 e. The first-order valence-corrected chi connectivity index (χ1v) is 8.11. The number of sulfonamides is 1. The molecule has 1 heterocycles. The van der Waals surface area contributed by atoms with Crippen molar-refractivity contribution in [3.63, 3.8) is 0 Å². The summed E-state index contributed by atoms with van der Waals surface area (Å²) in [5.41, 5.74) is 6.68. The Morgan fingerprint density at radius 1 is 1.47 bits per heavy atom. The van der Waals surface area contributed by atoms with Crippen LogP contribution in [0.3, 0.4) is 0 Å². The van der Waals surface area contributed by atoms with E-state index in [0.717, 1.165) is 12.8 Å². The van der Waals surface area contributed by atoms with Crippen LogP contribution in [0.2, 0.25) is 0 Å². The van der Waals surface area contributed by atoms with E-state index in [1.54, 1.807) is 18.5 Å². The SMILES string of the molecule is Cc1nn(CCN)c(C)c1S(=O)(=O)NC(C)C1CC1. The van der Waals surface area contributed by atoms with Crippen molar-refractivity contribution < 1.29 is 8.42 Å². The molecule has 1 unspecified atom stereocenters. The molecular weight excluding hydrogens is 264 g/mol. The van der Waals surface area contributed by atoms with Crippen molar-refractivity contribution in [2.24, 2.45) is 11.7 Å². The van der Waals surface area contributed by atoms with E-state index in [9.17, 15) is 8.42 Å². The van der Waals surface area contributed by atoms with Crippen LogP contribution in [0.4, 0.5) is 0 Å². The predicted molar refractivity (Wildman–Crippen MR) is 73.3 cm³/mol. The lowest BCUT2D eigenvalue weighted by molar-refractivity contribution is 0.536. The van der Waals surface area contributed by atoms with Gasteiger partial charge in [0, 0.05) is 12.6 Å². The average Bonchev–Trinajstić information content (AvgIpc) is 3.07. The second-order valence-electron chi connectivity index (χ2n) is 5.26. The standard InChI is InChI=1S/C12H22N4O2S/c1-8(11-4-5-11)15-19(17,18)12-9(2)14-16(7-6-13)10(12)3/h8,11,15H,4-7,13H2,1-3H3. The van der Waals surface area contributed by atoms with Crippen LogP contribution in [0.15, 0.2) is 4.90 Å². The largest absolute Gasteiger partial charge is 0.329 e. The zero-order valence-electron chi connectivity index (χ0n) is 11.7. The molecule has 0 spiro atoms. The van der Waals surface area contributed by atoms with Crippen molar-refractivity contribution in [3.05, 3.63) is 11.4 Å². The predicted octanol–water partition coefficient (Wildman–Crippen LogP) is 0.535. The number of rotatable bonds is 6. The van der Waals surface area contributed by atoms with Crippen LogP contribution in [-0.4, -0.2) is 30.8 Å². The molecule has 1 atom stereocenters. The third-order valence-electron chi connectivity index (χ3n) is 3.59. The highest BCUT2D eigenvalue weighted by Gasteiger charge is 2.33.